The normalized spacial score (nSPS) is 14.9. The fraction of sp³-hybridized carbons (Fsp3) is 0.800. The topological polar surface area (TPSA) is 29.0 Å². The highest BCUT2D eigenvalue weighted by Gasteiger charge is 2.08. The molecule has 0 amide bonds. The van der Waals surface area contributed by atoms with Gasteiger partial charge in [-0.3, -0.25) is 5.32 Å². The first-order chi connectivity index (χ1) is 8.33. The quantitative estimate of drug-likeness (QED) is 0.561. The lowest BCUT2D eigenvalue weighted by Gasteiger charge is -2.01. The Morgan fingerprint density at radius 2 is 1.53 bits per heavy atom. The van der Waals surface area contributed by atoms with Gasteiger partial charge in [0.05, 0.1) is 5.70 Å². The maximum Gasteiger partial charge on any atom is 0.204 e. The number of hydrogen-bond donors (Lipinski definition) is 1. The highest BCUT2D eigenvalue weighted by Crippen LogP contribution is 2.10. The van der Waals surface area contributed by atoms with Gasteiger partial charge in [-0.2, -0.15) is 4.99 Å². The van der Waals surface area contributed by atoms with E-state index >= 15 is 0 Å². The van der Waals surface area contributed by atoms with Crippen LogP contribution in [0.4, 0.5) is 0 Å². The molecule has 2 N–H and O–H groups in total. The van der Waals surface area contributed by atoms with Gasteiger partial charge in [0, 0.05) is 6.42 Å². The summed E-state index contributed by atoms with van der Waals surface area (Å²) >= 11 is 0. The summed E-state index contributed by atoms with van der Waals surface area (Å²) in [5, 5.41) is 2.17. The highest BCUT2D eigenvalue weighted by molar-refractivity contribution is 5.75. The molecule has 0 spiro atoms. The molecule has 1 aliphatic rings. The van der Waals surface area contributed by atoms with Gasteiger partial charge in [-0.1, -0.05) is 58.3 Å². The Kier molecular flexibility index (Phi) is 7.98. The zero-order chi connectivity index (χ0) is 12.3. The third-order valence-corrected chi connectivity index (χ3v) is 3.37. The Bertz CT molecular complexity index is 254. The number of unbranched alkanes of at least 4 members (excludes halogenated alkanes) is 8. The molecule has 1 heterocycles. The van der Waals surface area contributed by atoms with Crippen molar-refractivity contribution in [3.05, 3.63) is 11.9 Å². The molecule has 0 aromatic rings. The van der Waals surface area contributed by atoms with Crippen molar-refractivity contribution in [2.45, 2.75) is 78.1 Å². The van der Waals surface area contributed by atoms with E-state index in [1.54, 1.807) is 0 Å². The minimum atomic E-state index is 1.16. The summed E-state index contributed by atoms with van der Waals surface area (Å²) in [6, 6.07) is 0. The van der Waals surface area contributed by atoms with E-state index in [4.69, 9.17) is 0 Å². The molecular formula is C15H29N2+. The number of allylic oxidation sites excluding steroid dienone is 1. The SMILES string of the molecule is CCCCCCCCCCCC1=NC(C)=C[NH2+]1. The smallest absolute Gasteiger partial charge is 0.204 e. The number of nitrogens with two attached hydrogens (primary N) is 1. The molecule has 0 saturated heterocycles. The fourth-order valence-corrected chi connectivity index (χ4v) is 2.27. The zero-order valence-electron chi connectivity index (χ0n) is 11.7. The molecule has 2 nitrogen and oxygen atoms in total. The lowest BCUT2D eigenvalue weighted by molar-refractivity contribution is -0.460. The lowest BCUT2D eigenvalue weighted by atomic mass is 10.1. The number of amidine groups is 1. The van der Waals surface area contributed by atoms with Gasteiger partial charge in [0.1, 0.15) is 6.20 Å². The van der Waals surface area contributed by atoms with E-state index in [2.05, 4.69) is 30.4 Å². The van der Waals surface area contributed by atoms with E-state index in [0.717, 1.165) is 5.70 Å². The Morgan fingerprint density at radius 3 is 2.06 bits per heavy atom. The third-order valence-electron chi connectivity index (χ3n) is 3.37. The van der Waals surface area contributed by atoms with Crippen molar-refractivity contribution in [2.24, 2.45) is 4.99 Å². The van der Waals surface area contributed by atoms with Gasteiger partial charge in [-0.05, 0) is 13.3 Å². The molecule has 0 aromatic heterocycles. The van der Waals surface area contributed by atoms with E-state index in [1.165, 1.54) is 70.0 Å². The van der Waals surface area contributed by atoms with Gasteiger partial charge in [-0.25, -0.2) is 0 Å². The number of aliphatic imine (C=N–C) groups is 1. The van der Waals surface area contributed by atoms with Crippen molar-refractivity contribution in [3.63, 3.8) is 0 Å². The highest BCUT2D eigenvalue weighted by atomic mass is 15.0. The van der Waals surface area contributed by atoms with Gasteiger partial charge in [0.15, 0.2) is 0 Å². The third kappa shape index (κ3) is 7.32. The molecule has 1 rings (SSSR count). The van der Waals surface area contributed by atoms with Crippen LogP contribution in [0.2, 0.25) is 0 Å². The Morgan fingerprint density at radius 1 is 0.941 bits per heavy atom. The molecule has 0 radical (unpaired) electrons. The molecule has 0 bridgehead atoms. The van der Waals surface area contributed by atoms with Crippen molar-refractivity contribution < 1.29 is 5.32 Å². The molecule has 0 fully saturated rings. The van der Waals surface area contributed by atoms with E-state index in [0.29, 0.717) is 0 Å². The number of quaternary nitrogens is 1. The molecule has 2 heteroatoms. The Labute approximate surface area is 107 Å². The molecule has 0 saturated carbocycles. The monoisotopic (exact) mass is 237 g/mol. The van der Waals surface area contributed by atoms with Crippen molar-refractivity contribution in [2.75, 3.05) is 0 Å². The van der Waals surface area contributed by atoms with Crippen molar-refractivity contribution in [3.8, 4) is 0 Å². The predicted octanol–water partition coefficient (Wildman–Crippen LogP) is 3.74. The zero-order valence-corrected chi connectivity index (χ0v) is 11.7. The summed E-state index contributed by atoms with van der Waals surface area (Å²) in [4.78, 5) is 4.48. The van der Waals surface area contributed by atoms with Crippen LogP contribution in [0.15, 0.2) is 16.9 Å². The van der Waals surface area contributed by atoms with Crippen LogP contribution in [-0.2, 0) is 0 Å². The van der Waals surface area contributed by atoms with Crippen LogP contribution in [0.1, 0.15) is 78.1 Å². The summed E-state index contributed by atoms with van der Waals surface area (Å²) in [6.45, 7) is 4.35. The summed E-state index contributed by atoms with van der Waals surface area (Å²) in [5.74, 6) is 1.28. The fourth-order valence-electron chi connectivity index (χ4n) is 2.27. The van der Waals surface area contributed by atoms with Crippen molar-refractivity contribution >= 4 is 5.84 Å². The van der Waals surface area contributed by atoms with Crippen LogP contribution in [0, 0.1) is 0 Å². The molecular weight excluding hydrogens is 208 g/mol. The minimum Gasteiger partial charge on any atom is -0.273 e. The first-order valence-corrected chi connectivity index (χ1v) is 7.42. The van der Waals surface area contributed by atoms with E-state index < -0.39 is 0 Å². The van der Waals surface area contributed by atoms with Crippen LogP contribution in [0.25, 0.3) is 0 Å². The second-order valence-electron chi connectivity index (χ2n) is 5.16. The standard InChI is InChI=1S/C15H28N2/c1-3-4-5-6-7-8-9-10-11-12-15-16-13-14(2)17-15/h13H,3-12H2,1-2H3,(H,16,17)/p+1. The second kappa shape index (κ2) is 9.41. The average molecular weight is 237 g/mol. The van der Waals surface area contributed by atoms with Gasteiger partial charge in [0.2, 0.25) is 5.84 Å². The largest absolute Gasteiger partial charge is 0.273 e. The molecule has 17 heavy (non-hydrogen) atoms. The Hall–Kier alpha value is -0.630. The van der Waals surface area contributed by atoms with Crippen molar-refractivity contribution in [1.82, 2.24) is 0 Å². The number of rotatable bonds is 10. The first kappa shape index (κ1) is 14.4. The molecule has 0 unspecified atom stereocenters. The number of nitrogens with zero attached hydrogens (tertiary/aromatic N) is 1. The summed E-state index contributed by atoms with van der Waals surface area (Å²) in [7, 11) is 0. The molecule has 98 valence electrons. The first-order valence-electron chi connectivity index (χ1n) is 7.42. The van der Waals surface area contributed by atoms with E-state index in [-0.39, 0.29) is 0 Å². The molecule has 0 aliphatic carbocycles. The van der Waals surface area contributed by atoms with Crippen LogP contribution >= 0.6 is 0 Å². The second-order valence-corrected chi connectivity index (χ2v) is 5.16. The van der Waals surface area contributed by atoms with Gasteiger partial charge >= 0.3 is 0 Å². The summed E-state index contributed by atoms with van der Waals surface area (Å²) in [6.07, 6.45) is 15.9. The Balaban J connectivity index is 1.81. The molecule has 0 atom stereocenters. The summed E-state index contributed by atoms with van der Waals surface area (Å²) < 4.78 is 0. The lowest BCUT2D eigenvalue weighted by Crippen LogP contribution is -2.80. The molecule has 0 aromatic carbocycles. The van der Waals surface area contributed by atoms with Crippen molar-refractivity contribution in [1.29, 1.82) is 0 Å². The van der Waals surface area contributed by atoms with Crippen LogP contribution in [0.3, 0.4) is 0 Å². The van der Waals surface area contributed by atoms with E-state index in [1.807, 2.05) is 0 Å². The van der Waals surface area contributed by atoms with E-state index in [9.17, 15) is 0 Å². The van der Waals surface area contributed by atoms with Crippen LogP contribution in [-0.4, -0.2) is 5.84 Å². The average Bonchev–Trinajstić information content (AvgIpc) is 2.73. The maximum atomic E-state index is 4.48. The van der Waals surface area contributed by atoms with Gasteiger partial charge in [-0.15, -0.1) is 0 Å². The predicted molar refractivity (Wildman–Crippen MR) is 75.0 cm³/mol. The minimum absolute atomic E-state index is 1.16. The van der Waals surface area contributed by atoms with Crippen LogP contribution < -0.4 is 5.32 Å². The summed E-state index contributed by atoms with van der Waals surface area (Å²) in [5.41, 5.74) is 1.16. The number of hydrogen-bond acceptors (Lipinski definition) is 1. The van der Waals surface area contributed by atoms with Gasteiger partial charge < -0.3 is 0 Å². The maximum absolute atomic E-state index is 4.48. The van der Waals surface area contributed by atoms with Crippen LogP contribution in [0.5, 0.6) is 0 Å². The molecule has 1 aliphatic heterocycles. The van der Waals surface area contributed by atoms with Gasteiger partial charge in [0.25, 0.3) is 0 Å².